The van der Waals surface area contributed by atoms with E-state index in [-0.39, 0.29) is 12.5 Å². The number of amides is 1. The summed E-state index contributed by atoms with van der Waals surface area (Å²) in [6.07, 6.45) is 1.92. The first kappa shape index (κ1) is 14.5. The molecule has 0 aromatic carbocycles. The van der Waals surface area contributed by atoms with Crippen molar-refractivity contribution in [3.8, 4) is 0 Å². The maximum atomic E-state index is 11.9. The summed E-state index contributed by atoms with van der Waals surface area (Å²) in [6, 6.07) is 0. The smallest absolute Gasteiger partial charge is 0.263 e. The van der Waals surface area contributed by atoms with Gasteiger partial charge in [0.25, 0.3) is 5.91 Å². The predicted molar refractivity (Wildman–Crippen MR) is 72.9 cm³/mol. The summed E-state index contributed by atoms with van der Waals surface area (Å²) in [4.78, 5) is 16.7. The first-order chi connectivity index (χ1) is 7.85. The summed E-state index contributed by atoms with van der Waals surface area (Å²) in [6.45, 7) is 5.66. The molecule has 0 saturated carbocycles. The van der Waals surface area contributed by atoms with Crippen molar-refractivity contribution in [1.82, 2.24) is 10.3 Å². The highest BCUT2D eigenvalue weighted by molar-refractivity contribution is 7.98. The average Bonchev–Trinajstić information content (AvgIpc) is 2.54. The molecule has 0 spiro atoms. The summed E-state index contributed by atoms with van der Waals surface area (Å²) < 4.78 is 0. The van der Waals surface area contributed by atoms with Crippen LogP contribution in [0.2, 0.25) is 0 Å². The molecule has 1 rings (SSSR count). The van der Waals surface area contributed by atoms with Gasteiger partial charge in [-0.15, -0.1) is 11.3 Å². The number of nitrogens with one attached hydrogen (secondary N) is 1. The number of thiazole rings is 1. The molecule has 1 aromatic heterocycles. The molecule has 0 fully saturated rings. The number of thioether (sulfide) groups is 1. The first-order valence-electron chi connectivity index (χ1n) is 5.29. The van der Waals surface area contributed by atoms with E-state index in [0.29, 0.717) is 10.6 Å². The van der Waals surface area contributed by atoms with Crippen LogP contribution in [-0.2, 0) is 0 Å². The molecule has 1 unspecified atom stereocenters. The van der Waals surface area contributed by atoms with Gasteiger partial charge in [-0.3, -0.25) is 4.79 Å². The summed E-state index contributed by atoms with van der Waals surface area (Å²) in [5.41, 5.74) is -0.127. The van der Waals surface area contributed by atoms with E-state index >= 15 is 0 Å². The van der Waals surface area contributed by atoms with E-state index in [2.05, 4.69) is 10.3 Å². The molecule has 1 amide bonds. The van der Waals surface area contributed by atoms with Gasteiger partial charge in [0.2, 0.25) is 0 Å². The largest absolute Gasteiger partial charge is 0.387 e. The van der Waals surface area contributed by atoms with Crippen molar-refractivity contribution in [1.29, 1.82) is 0 Å². The maximum absolute atomic E-state index is 11.9. The Bertz CT molecular complexity index is 402. The van der Waals surface area contributed by atoms with Gasteiger partial charge in [-0.1, -0.05) is 0 Å². The minimum absolute atomic E-state index is 0.158. The van der Waals surface area contributed by atoms with Crippen molar-refractivity contribution in [2.45, 2.75) is 26.4 Å². The topological polar surface area (TPSA) is 62.2 Å². The molecule has 4 nitrogen and oxygen atoms in total. The Morgan fingerprint density at radius 3 is 2.71 bits per heavy atom. The van der Waals surface area contributed by atoms with E-state index < -0.39 is 5.60 Å². The van der Waals surface area contributed by atoms with Crippen LogP contribution in [0.4, 0.5) is 0 Å². The number of nitrogens with zero attached hydrogens (tertiary/aromatic N) is 1. The molecule has 17 heavy (non-hydrogen) atoms. The van der Waals surface area contributed by atoms with E-state index in [1.54, 1.807) is 18.7 Å². The molecule has 0 saturated heterocycles. The number of carbonyl (C=O) groups is 1. The third-order valence-corrected chi connectivity index (χ3v) is 4.18. The Morgan fingerprint density at radius 1 is 1.59 bits per heavy atom. The van der Waals surface area contributed by atoms with Crippen molar-refractivity contribution in [2.24, 2.45) is 0 Å². The molecule has 1 heterocycles. The van der Waals surface area contributed by atoms with Gasteiger partial charge in [-0.25, -0.2) is 4.98 Å². The van der Waals surface area contributed by atoms with Crippen LogP contribution in [0.5, 0.6) is 0 Å². The normalized spacial score (nSPS) is 14.4. The second kappa shape index (κ2) is 5.84. The Morgan fingerprint density at radius 2 is 2.24 bits per heavy atom. The monoisotopic (exact) mass is 274 g/mol. The highest BCUT2D eigenvalue weighted by Crippen LogP contribution is 2.17. The minimum Gasteiger partial charge on any atom is -0.387 e. The van der Waals surface area contributed by atoms with Crippen LogP contribution < -0.4 is 5.32 Å². The number of aryl methyl sites for hydroxylation is 2. The van der Waals surface area contributed by atoms with E-state index in [9.17, 15) is 9.90 Å². The number of hydrogen-bond acceptors (Lipinski definition) is 5. The van der Waals surface area contributed by atoms with Crippen molar-refractivity contribution in [3.05, 3.63) is 15.6 Å². The summed E-state index contributed by atoms with van der Waals surface area (Å²) in [5.74, 6) is 0.433. The number of hydrogen-bond donors (Lipinski definition) is 2. The van der Waals surface area contributed by atoms with Crippen LogP contribution in [0, 0.1) is 13.8 Å². The molecule has 0 radical (unpaired) electrons. The van der Waals surface area contributed by atoms with Gasteiger partial charge in [0.05, 0.1) is 16.3 Å². The fraction of sp³-hybridized carbons (Fsp3) is 0.636. The molecule has 0 aliphatic rings. The lowest BCUT2D eigenvalue weighted by Crippen LogP contribution is -2.42. The highest BCUT2D eigenvalue weighted by Gasteiger charge is 2.22. The molecule has 0 aliphatic carbocycles. The van der Waals surface area contributed by atoms with E-state index in [0.717, 1.165) is 10.7 Å². The lowest BCUT2D eigenvalue weighted by atomic mass is 10.1. The lowest BCUT2D eigenvalue weighted by molar-refractivity contribution is 0.0727. The molecule has 6 heteroatoms. The third-order valence-electron chi connectivity index (χ3n) is 2.19. The second-order valence-corrected chi connectivity index (χ2v) is 6.33. The Balaban J connectivity index is 2.59. The van der Waals surface area contributed by atoms with Gasteiger partial charge in [0.15, 0.2) is 0 Å². The van der Waals surface area contributed by atoms with Gasteiger partial charge >= 0.3 is 0 Å². The maximum Gasteiger partial charge on any atom is 0.263 e. The summed E-state index contributed by atoms with van der Waals surface area (Å²) >= 11 is 2.93. The van der Waals surface area contributed by atoms with Gasteiger partial charge in [-0.2, -0.15) is 11.8 Å². The fourth-order valence-corrected chi connectivity index (χ4v) is 3.02. The second-order valence-electron chi connectivity index (χ2n) is 4.26. The van der Waals surface area contributed by atoms with Crippen LogP contribution in [0.1, 0.15) is 27.3 Å². The molecular formula is C11H18N2O2S2. The van der Waals surface area contributed by atoms with Crippen molar-refractivity contribution in [2.75, 3.05) is 18.6 Å². The Labute approximate surface area is 110 Å². The average molecular weight is 274 g/mol. The minimum atomic E-state index is -0.872. The summed E-state index contributed by atoms with van der Waals surface area (Å²) in [5, 5.41) is 13.6. The van der Waals surface area contributed by atoms with Crippen LogP contribution in [0.3, 0.4) is 0 Å². The van der Waals surface area contributed by atoms with E-state index in [4.69, 9.17) is 0 Å². The van der Waals surface area contributed by atoms with Gasteiger partial charge in [-0.05, 0) is 27.0 Å². The lowest BCUT2D eigenvalue weighted by Gasteiger charge is -2.22. The quantitative estimate of drug-likeness (QED) is 0.856. The molecular weight excluding hydrogens is 256 g/mol. The van der Waals surface area contributed by atoms with Crippen LogP contribution in [-0.4, -0.2) is 40.2 Å². The zero-order valence-electron chi connectivity index (χ0n) is 10.5. The number of rotatable bonds is 5. The Hall–Kier alpha value is -0.590. The molecule has 2 N–H and O–H groups in total. The van der Waals surface area contributed by atoms with Crippen molar-refractivity contribution >= 4 is 29.0 Å². The van der Waals surface area contributed by atoms with Gasteiger partial charge in [0.1, 0.15) is 4.88 Å². The zero-order chi connectivity index (χ0) is 13.1. The molecule has 0 bridgehead atoms. The molecule has 1 atom stereocenters. The predicted octanol–water partition coefficient (Wildman–Crippen LogP) is 1.60. The van der Waals surface area contributed by atoms with Gasteiger partial charge < -0.3 is 10.4 Å². The van der Waals surface area contributed by atoms with Crippen molar-refractivity contribution < 1.29 is 9.90 Å². The van der Waals surface area contributed by atoms with E-state index in [1.165, 1.54) is 11.3 Å². The number of carbonyl (C=O) groups excluding carboxylic acids is 1. The van der Waals surface area contributed by atoms with E-state index in [1.807, 2.05) is 20.1 Å². The van der Waals surface area contributed by atoms with Crippen molar-refractivity contribution in [3.63, 3.8) is 0 Å². The SMILES string of the molecule is CSCC(C)(O)CNC(=O)c1sc(C)nc1C. The van der Waals surface area contributed by atoms with Crippen LogP contribution in [0.15, 0.2) is 0 Å². The molecule has 96 valence electrons. The van der Waals surface area contributed by atoms with Gasteiger partial charge in [0, 0.05) is 12.3 Å². The third kappa shape index (κ3) is 4.29. The standard InChI is InChI=1S/C11H18N2O2S2/c1-7-9(17-8(2)13-7)10(14)12-5-11(3,15)6-16-4/h15H,5-6H2,1-4H3,(H,12,14). The first-order valence-corrected chi connectivity index (χ1v) is 7.50. The zero-order valence-corrected chi connectivity index (χ0v) is 12.2. The number of aromatic nitrogens is 1. The Kier molecular flexibility index (Phi) is 4.97. The highest BCUT2D eigenvalue weighted by atomic mass is 32.2. The fourth-order valence-electron chi connectivity index (χ4n) is 1.45. The molecule has 1 aromatic rings. The summed E-state index contributed by atoms with van der Waals surface area (Å²) in [7, 11) is 0. The van der Waals surface area contributed by atoms with Crippen LogP contribution in [0.25, 0.3) is 0 Å². The number of aliphatic hydroxyl groups is 1. The van der Waals surface area contributed by atoms with Crippen LogP contribution >= 0.6 is 23.1 Å². The molecule has 0 aliphatic heterocycles.